The third kappa shape index (κ3) is 6.52. The van der Waals surface area contributed by atoms with Crippen LogP contribution < -0.4 is 5.32 Å². The van der Waals surface area contributed by atoms with E-state index in [9.17, 15) is 4.79 Å². The molecule has 0 saturated carbocycles. The Balaban J connectivity index is 1.34. The maximum Gasteiger partial charge on any atom is 0.227 e. The topological polar surface area (TPSA) is 74.5 Å². The van der Waals surface area contributed by atoms with Gasteiger partial charge in [0.25, 0.3) is 0 Å². The minimum atomic E-state index is -0.0465. The van der Waals surface area contributed by atoms with Crippen molar-refractivity contribution >= 4 is 5.91 Å². The Kier molecular flexibility index (Phi) is 8.08. The van der Waals surface area contributed by atoms with Crippen molar-refractivity contribution in [3.63, 3.8) is 0 Å². The van der Waals surface area contributed by atoms with E-state index < -0.39 is 0 Å². The molecular formula is C27H35N5O2. The van der Waals surface area contributed by atoms with Crippen LogP contribution in [0.2, 0.25) is 0 Å². The number of likely N-dealkylation sites (N-methyl/N-ethyl adjacent to an activating group) is 1. The molecule has 1 aliphatic heterocycles. The van der Waals surface area contributed by atoms with E-state index in [-0.39, 0.29) is 11.9 Å². The number of hydrogen-bond acceptors (Lipinski definition) is 6. The lowest BCUT2D eigenvalue weighted by molar-refractivity contribution is -0.122. The number of rotatable bonds is 9. The Labute approximate surface area is 202 Å². The smallest absolute Gasteiger partial charge is 0.227 e. The zero-order valence-electron chi connectivity index (χ0n) is 20.4. The number of carbonyl (C=O) groups is 1. The summed E-state index contributed by atoms with van der Waals surface area (Å²) < 4.78 is 5.41. The summed E-state index contributed by atoms with van der Waals surface area (Å²) in [6, 6.07) is 18.4. The molecule has 0 bridgehead atoms. The summed E-state index contributed by atoms with van der Waals surface area (Å²) >= 11 is 0. The third-order valence-corrected chi connectivity index (χ3v) is 6.44. The summed E-state index contributed by atoms with van der Waals surface area (Å²) in [5.74, 6) is 1.50. The molecule has 4 rings (SSSR count). The van der Waals surface area contributed by atoms with Gasteiger partial charge in [-0.15, -0.1) is 0 Å². The average molecular weight is 462 g/mol. The molecule has 180 valence electrons. The van der Waals surface area contributed by atoms with Crippen molar-refractivity contribution in [2.75, 3.05) is 39.8 Å². The molecule has 0 radical (unpaired) electrons. The summed E-state index contributed by atoms with van der Waals surface area (Å²) in [6.07, 6.45) is 0.721. The Hall–Kier alpha value is -3.03. The van der Waals surface area contributed by atoms with Crippen LogP contribution in [0.4, 0.5) is 0 Å². The van der Waals surface area contributed by atoms with Gasteiger partial charge in [0.2, 0.25) is 17.6 Å². The third-order valence-electron chi connectivity index (χ3n) is 6.44. The molecule has 1 aromatic heterocycles. The van der Waals surface area contributed by atoms with Crippen molar-refractivity contribution in [3.05, 3.63) is 71.6 Å². The Bertz CT molecular complexity index is 1040. The van der Waals surface area contributed by atoms with Gasteiger partial charge in [-0.1, -0.05) is 73.6 Å². The van der Waals surface area contributed by atoms with E-state index in [1.54, 1.807) is 0 Å². The number of aromatic nitrogens is 2. The molecule has 3 aromatic rings. The summed E-state index contributed by atoms with van der Waals surface area (Å²) in [5.41, 5.74) is 3.31. The number of nitrogens with zero attached hydrogens (tertiary/aromatic N) is 4. The largest absolute Gasteiger partial charge is 0.348 e. The van der Waals surface area contributed by atoms with Gasteiger partial charge in [0.1, 0.15) is 0 Å². The Morgan fingerprint density at radius 2 is 1.71 bits per heavy atom. The molecule has 2 heterocycles. The molecule has 0 aliphatic carbocycles. The molecule has 0 spiro atoms. The predicted octanol–water partition coefficient (Wildman–Crippen LogP) is 3.90. The maximum absolute atomic E-state index is 12.8. The van der Waals surface area contributed by atoms with Gasteiger partial charge in [-0.3, -0.25) is 9.69 Å². The Morgan fingerprint density at radius 1 is 1.00 bits per heavy atom. The van der Waals surface area contributed by atoms with Crippen LogP contribution in [0.15, 0.2) is 59.1 Å². The second kappa shape index (κ2) is 11.4. The van der Waals surface area contributed by atoms with Crippen molar-refractivity contribution < 1.29 is 9.32 Å². The summed E-state index contributed by atoms with van der Waals surface area (Å²) in [4.78, 5) is 22.1. The number of nitrogens with one attached hydrogen (secondary N) is 1. The normalized spacial score (nSPS) is 16.0. The molecular weight excluding hydrogens is 426 g/mol. The predicted molar refractivity (Wildman–Crippen MR) is 133 cm³/mol. The maximum atomic E-state index is 12.8. The fraction of sp³-hybridized carbons (Fsp3) is 0.444. The van der Waals surface area contributed by atoms with Crippen molar-refractivity contribution in [3.8, 4) is 11.4 Å². The first-order valence-corrected chi connectivity index (χ1v) is 12.2. The molecule has 1 atom stereocenters. The zero-order chi connectivity index (χ0) is 23.9. The lowest BCUT2D eigenvalue weighted by Gasteiger charge is -2.35. The monoisotopic (exact) mass is 461 g/mol. The molecule has 1 N–H and O–H groups in total. The molecule has 1 amide bonds. The van der Waals surface area contributed by atoms with Crippen LogP contribution in [-0.2, 0) is 11.2 Å². The van der Waals surface area contributed by atoms with Crippen LogP contribution >= 0.6 is 0 Å². The zero-order valence-corrected chi connectivity index (χ0v) is 20.4. The van der Waals surface area contributed by atoms with Crippen LogP contribution in [0.1, 0.15) is 49.2 Å². The van der Waals surface area contributed by atoms with Gasteiger partial charge >= 0.3 is 0 Å². The summed E-state index contributed by atoms with van der Waals surface area (Å²) in [6.45, 7) is 9.27. The molecule has 2 aromatic carbocycles. The minimum absolute atomic E-state index is 0.0102. The van der Waals surface area contributed by atoms with Gasteiger partial charge in [-0.2, -0.15) is 4.98 Å². The van der Waals surface area contributed by atoms with Crippen molar-refractivity contribution in [1.82, 2.24) is 25.3 Å². The van der Waals surface area contributed by atoms with E-state index in [0.717, 1.165) is 43.9 Å². The van der Waals surface area contributed by atoms with E-state index in [1.807, 2.05) is 30.3 Å². The highest BCUT2D eigenvalue weighted by Gasteiger charge is 2.21. The van der Waals surface area contributed by atoms with Gasteiger partial charge in [0.15, 0.2) is 0 Å². The molecule has 1 unspecified atom stereocenters. The molecule has 1 saturated heterocycles. The molecule has 1 aliphatic rings. The van der Waals surface area contributed by atoms with Gasteiger partial charge < -0.3 is 14.7 Å². The van der Waals surface area contributed by atoms with Gasteiger partial charge in [-0.25, -0.2) is 0 Å². The minimum Gasteiger partial charge on any atom is -0.348 e. The lowest BCUT2D eigenvalue weighted by Crippen LogP contribution is -2.47. The highest BCUT2D eigenvalue weighted by molar-refractivity contribution is 5.76. The van der Waals surface area contributed by atoms with Crippen LogP contribution in [0.5, 0.6) is 0 Å². The SMILES string of the molecule is CC(C)c1ccc(-c2noc(CCC(=O)NC(CN3CCN(C)CC3)c3ccccc3)n2)cc1. The van der Waals surface area contributed by atoms with Crippen molar-refractivity contribution in [2.45, 2.75) is 38.6 Å². The number of benzene rings is 2. The fourth-order valence-corrected chi connectivity index (χ4v) is 4.19. The van der Waals surface area contributed by atoms with E-state index in [2.05, 4.69) is 70.4 Å². The Morgan fingerprint density at radius 3 is 2.38 bits per heavy atom. The van der Waals surface area contributed by atoms with Crippen molar-refractivity contribution in [1.29, 1.82) is 0 Å². The first-order valence-electron chi connectivity index (χ1n) is 12.2. The quantitative estimate of drug-likeness (QED) is 0.521. The van der Waals surface area contributed by atoms with Gasteiger partial charge in [0.05, 0.1) is 6.04 Å². The van der Waals surface area contributed by atoms with Crippen LogP contribution in [0.25, 0.3) is 11.4 Å². The van der Waals surface area contributed by atoms with Crippen LogP contribution in [-0.4, -0.2) is 65.6 Å². The van der Waals surface area contributed by atoms with Crippen molar-refractivity contribution in [2.24, 2.45) is 0 Å². The van der Waals surface area contributed by atoms with E-state index in [4.69, 9.17) is 4.52 Å². The van der Waals surface area contributed by atoms with Gasteiger partial charge in [-0.05, 0) is 24.1 Å². The lowest BCUT2D eigenvalue weighted by atomic mass is 10.0. The molecule has 1 fully saturated rings. The standard InChI is InChI=1S/C27H35N5O2/c1-20(2)21-9-11-23(12-10-21)27-29-26(34-30-27)14-13-25(33)28-24(22-7-5-4-6-8-22)19-32-17-15-31(3)16-18-32/h4-12,20,24H,13-19H2,1-3H3,(H,28,33). The van der Waals surface area contributed by atoms with Gasteiger partial charge in [0, 0.05) is 51.1 Å². The van der Waals surface area contributed by atoms with Crippen LogP contribution in [0.3, 0.4) is 0 Å². The van der Waals surface area contributed by atoms with E-state index >= 15 is 0 Å². The number of carbonyl (C=O) groups excluding carboxylic acids is 1. The molecule has 7 heteroatoms. The second-order valence-electron chi connectivity index (χ2n) is 9.42. The fourth-order valence-electron chi connectivity index (χ4n) is 4.19. The second-order valence-corrected chi connectivity index (χ2v) is 9.42. The summed E-state index contributed by atoms with van der Waals surface area (Å²) in [7, 11) is 2.15. The first kappa shape index (κ1) is 24.1. The number of piperazine rings is 1. The highest BCUT2D eigenvalue weighted by atomic mass is 16.5. The van der Waals surface area contributed by atoms with Crippen LogP contribution in [0, 0.1) is 0 Å². The highest BCUT2D eigenvalue weighted by Crippen LogP contribution is 2.21. The molecule has 7 nitrogen and oxygen atoms in total. The van der Waals surface area contributed by atoms with E-state index in [1.165, 1.54) is 5.56 Å². The number of amides is 1. The first-order chi connectivity index (χ1) is 16.5. The number of aryl methyl sites for hydroxylation is 1. The van der Waals surface area contributed by atoms with E-state index in [0.29, 0.717) is 30.5 Å². The molecule has 34 heavy (non-hydrogen) atoms. The average Bonchev–Trinajstić information content (AvgIpc) is 3.33. The number of hydrogen-bond donors (Lipinski definition) is 1. The summed E-state index contributed by atoms with van der Waals surface area (Å²) in [5, 5.41) is 7.34.